The van der Waals surface area contributed by atoms with Crippen LogP contribution in [0.25, 0.3) is 0 Å². The van der Waals surface area contributed by atoms with Crippen molar-refractivity contribution in [3.8, 4) is 11.8 Å². The van der Waals surface area contributed by atoms with Gasteiger partial charge in [-0.1, -0.05) is 0 Å². The molecule has 5 rings (SSSR count). The summed E-state index contributed by atoms with van der Waals surface area (Å²) in [5.74, 6) is 3.18. The maximum Gasteiger partial charge on any atom is 0.186 e. The first kappa shape index (κ1) is 12.1. The van der Waals surface area contributed by atoms with Crippen LogP contribution in [0.2, 0.25) is 0 Å². The second kappa shape index (κ2) is 4.18. The van der Waals surface area contributed by atoms with E-state index >= 15 is 0 Å². The van der Waals surface area contributed by atoms with E-state index in [1.807, 2.05) is 0 Å². The largest absolute Gasteiger partial charge is 0.492 e. The Bertz CT molecular complexity index is 555. The molecule has 4 saturated carbocycles. The Kier molecular flexibility index (Phi) is 2.54. The Labute approximate surface area is 119 Å². The van der Waals surface area contributed by atoms with E-state index in [0.717, 1.165) is 23.4 Å². The van der Waals surface area contributed by atoms with Crippen LogP contribution in [-0.4, -0.2) is 17.1 Å². The molecule has 0 amide bonds. The van der Waals surface area contributed by atoms with Gasteiger partial charge in [0.25, 0.3) is 0 Å². The Morgan fingerprint density at radius 3 is 2.25 bits per heavy atom. The summed E-state index contributed by atoms with van der Waals surface area (Å²) in [7, 11) is 1.63. The van der Waals surface area contributed by atoms with Crippen LogP contribution < -0.4 is 4.74 Å². The molecule has 4 bridgehead atoms. The van der Waals surface area contributed by atoms with Gasteiger partial charge in [-0.05, 0) is 56.3 Å². The van der Waals surface area contributed by atoms with Gasteiger partial charge < -0.3 is 4.74 Å². The van der Waals surface area contributed by atoms with Crippen LogP contribution >= 0.6 is 0 Å². The van der Waals surface area contributed by atoms with Crippen LogP contribution in [0.15, 0.2) is 6.33 Å². The van der Waals surface area contributed by atoms with Crippen molar-refractivity contribution in [2.75, 3.05) is 7.11 Å². The summed E-state index contributed by atoms with van der Waals surface area (Å²) in [6.45, 7) is 0. The first-order chi connectivity index (χ1) is 9.74. The molecule has 1 heterocycles. The van der Waals surface area contributed by atoms with Crippen molar-refractivity contribution in [1.29, 1.82) is 5.26 Å². The molecule has 0 atom stereocenters. The van der Waals surface area contributed by atoms with E-state index in [1.54, 1.807) is 7.11 Å². The molecule has 0 N–H and O–H groups in total. The summed E-state index contributed by atoms with van der Waals surface area (Å²) in [4.78, 5) is 8.62. The molecule has 20 heavy (non-hydrogen) atoms. The molecule has 0 unspecified atom stereocenters. The second-order valence-electron chi connectivity index (χ2n) is 6.91. The normalized spacial score (nSPS) is 37.7. The zero-order valence-corrected chi connectivity index (χ0v) is 11.8. The fourth-order valence-corrected chi connectivity index (χ4v) is 5.43. The van der Waals surface area contributed by atoms with Crippen LogP contribution in [-0.2, 0) is 5.41 Å². The van der Waals surface area contributed by atoms with Crippen molar-refractivity contribution >= 4 is 0 Å². The Morgan fingerprint density at radius 1 is 1.15 bits per heavy atom. The topological polar surface area (TPSA) is 58.8 Å². The highest BCUT2D eigenvalue weighted by Crippen LogP contribution is 2.61. The van der Waals surface area contributed by atoms with Crippen LogP contribution in [0.3, 0.4) is 0 Å². The number of methoxy groups -OCH3 is 1. The quantitative estimate of drug-likeness (QED) is 0.828. The Morgan fingerprint density at radius 2 is 1.75 bits per heavy atom. The second-order valence-corrected chi connectivity index (χ2v) is 6.91. The molecule has 0 radical (unpaired) electrons. The predicted molar refractivity (Wildman–Crippen MR) is 73.1 cm³/mol. The first-order valence-electron chi connectivity index (χ1n) is 7.53. The summed E-state index contributed by atoms with van der Waals surface area (Å²) < 4.78 is 5.51. The lowest BCUT2D eigenvalue weighted by Crippen LogP contribution is -2.49. The molecule has 4 aliphatic rings. The van der Waals surface area contributed by atoms with Gasteiger partial charge in [-0.15, -0.1) is 0 Å². The van der Waals surface area contributed by atoms with E-state index < -0.39 is 0 Å². The maximum atomic E-state index is 9.24. The summed E-state index contributed by atoms with van der Waals surface area (Å²) in [5.41, 5.74) is 1.54. The Hall–Kier alpha value is -1.63. The van der Waals surface area contributed by atoms with Gasteiger partial charge in [0.05, 0.1) is 12.8 Å². The number of ether oxygens (including phenoxy) is 1. The molecule has 1 aromatic rings. The Balaban J connectivity index is 1.83. The van der Waals surface area contributed by atoms with E-state index in [1.165, 1.54) is 44.9 Å². The summed E-state index contributed by atoms with van der Waals surface area (Å²) in [5, 5.41) is 9.24. The number of hydrogen-bond acceptors (Lipinski definition) is 4. The standard InChI is InChI=1S/C16H19N3O/c1-20-14-13(8-17)18-9-19-15(14)16-5-10-2-11(6-16)4-12(3-10)7-16/h9-12H,2-7H2,1H3. The van der Waals surface area contributed by atoms with E-state index in [9.17, 15) is 5.26 Å². The lowest BCUT2D eigenvalue weighted by molar-refractivity contribution is -0.00836. The van der Waals surface area contributed by atoms with Crippen molar-refractivity contribution in [2.45, 2.75) is 43.9 Å². The lowest BCUT2D eigenvalue weighted by Gasteiger charge is -2.56. The van der Waals surface area contributed by atoms with Gasteiger partial charge in [0.2, 0.25) is 0 Å². The molecule has 0 spiro atoms. The van der Waals surface area contributed by atoms with Gasteiger partial charge in [-0.25, -0.2) is 9.97 Å². The third-order valence-electron chi connectivity index (χ3n) is 5.65. The molecule has 1 aromatic heterocycles. The van der Waals surface area contributed by atoms with Crippen molar-refractivity contribution < 1.29 is 4.74 Å². The van der Waals surface area contributed by atoms with Gasteiger partial charge >= 0.3 is 0 Å². The number of rotatable bonds is 2. The highest BCUT2D eigenvalue weighted by Gasteiger charge is 2.53. The molecule has 4 fully saturated rings. The molecular formula is C16H19N3O. The van der Waals surface area contributed by atoms with Crippen LogP contribution in [0.5, 0.6) is 5.75 Å². The molecular weight excluding hydrogens is 250 g/mol. The zero-order chi connectivity index (χ0) is 13.7. The molecule has 0 saturated heterocycles. The van der Waals surface area contributed by atoms with Crippen molar-refractivity contribution in [3.05, 3.63) is 17.7 Å². The number of aromatic nitrogens is 2. The smallest absolute Gasteiger partial charge is 0.186 e. The van der Waals surface area contributed by atoms with Gasteiger partial charge in [0.15, 0.2) is 11.4 Å². The molecule has 4 heteroatoms. The fourth-order valence-electron chi connectivity index (χ4n) is 5.43. The summed E-state index contributed by atoms with van der Waals surface area (Å²) in [6, 6.07) is 2.14. The molecule has 0 aromatic carbocycles. The number of nitrogens with zero attached hydrogens (tertiary/aromatic N) is 3. The maximum absolute atomic E-state index is 9.24. The first-order valence-corrected chi connectivity index (χ1v) is 7.53. The highest BCUT2D eigenvalue weighted by atomic mass is 16.5. The lowest BCUT2D eigenvalue weighted by atomic mass is 9.48. The van der Waals surface area contributed by atoms with Gasteiger partial charge in [-0.2, -0.15) is 5.26 Å². The molecule has 4 nitrogen and oxygen atoms in total. The van der Waals surface area contributed by atoms with E-state index in [0.29, 0.717) is 11.4 Å². The van der Waals surface area contributed by atoms with Crippen LogP contribution in [0, 0.1) is 29.1 Å². The molecule has 0 aliphatic heterocycles. The van der Waals surface area contributed by atoms with E-state index in [-0.39, 0.29) is 5.41 Å². The van der Waals surface area contributed by atoms with Gasteiger partial charge in [0, 0.05) is 5.41 Å². The number of hydrogen-bond donors (Lipinski definition) is 0. The SMILES string of the molecule is COc1c(C#N)ncnc1C12CC3CC(CC(C3)C1)C2. The predicted octanol–water partition coefficient (Wildman–Crippen LogP) is 2.82. The van der Waals surface area contributed by atoms with Gasteiger partial charge in [0.1, 0.15) is 12.4 Å². The van der Waals surface area contributed by atoms with Crippen LogP contribution in [0.1, 0.15) is 49.9 Å². The van der Waals surface area contributed by atoms with Crippen LogP contribution in [0.4, 0.5) is 0 Å². The fraction of sp³-hybridized carbons (Fsp3) is 0.688. The van der Waals surface area contributed by atoms with Crippen molar-refractivity contribution in [2.24, 2.45) is 17.8 Å². The summed E-state index contributed by atoms with van der Waals surface area (Å²) in [6.07, 6.45) is 9.40. The minimum atomic E-state index is 0.147. The minimum Gasteiger partial charge on any atom is -0.492 e. The zero-order valence-electron chi connectivity index (χ0n) is 11.8. The third-order valence-corrected chi connectivity index (χ3v) is 5.65. The van der Waals surface area contributed by atoms with Crippen molar-refractivity contribution in [3.63, 3.8) is 0 Å². The molecule has 4 aliphatic carbocycles. The van der Waals surface area contributed by atoms with E-state index in [2.05, 4.69) is 16.0 Å². The summed E-state index contributed by atoms with van der Waals surface area (Å²) >= 11 is 0. The third kappa shape index (κ3) is 1.59. The molecule has 104 valence electrons. The van der Waals surface area contributed by atoms with Gasteiger partial charge in [-0.3, -0.25) is 0 Å². The minimum absolute atomic E-state index is 0.147. The average molecular weight is 269 g/mol. The van der Waals surface area contributed by atoms with Crippen molar-refractivity contribution in [1.82, 2.24) is 9.97 Å². The van der Waals surface area contributed by atoms with E-state index in [4.69, 9.17) is 4.74 Å². The highest BCUT2D eigenvalue weighted by molar-refractivity contribution is 5.44. The monoisotopic (exact) mass is 269 g/mol. The average Bonchev–Trinajstić information content (AvgIpc) is 2.44. The number of nitriles is 1.